The molecule has 6 nitrogen and oxygen atoms in total. The van der Waals surface area contributed by atoms with E-state index < -0.39 is 5.97 Å². The van der Waals surface area contributed by atoms with Crippen LogP contribution >= 0.6 is 11.3 Å². The lowest BCUT2D eigenvalue weighted by Gasteiger charge is -2.20. The molecule has 0 radical (unpaired) electrons. The minimum Gasteiger partial charge on any atom is -0.492 e. The van der Waals surface area contributed by atoms with Crippen molar-refractivity contribution in [3.8, 4) is 5.75 Å². The lowest BCUT2D eigenvalue weighted by Crippen LogP contribution is -2.25. The maximum Gasteiger partial charge on any atom is 0.350 e. The maximum atomic E-state index is 11.9. The van der Waals surface area contributed by atoms with Crippen molar-refractivity contribution in [2.45, 2.75) is 13.3 Å². The molecular formula is C13H20N2O4S. The van der Waals surface area contributed by atoms with Crippen molar-refractivity contribution in [2.75, 3.05) is 50.7 Å². The molecule has 0 aliphatic carbocycles. The summed E-state index contributed by atoms with van der Waals surface area (Å²) in [5, 5.41) is 0.874. The summed E-state index contributed by atoms with van der Waals surface area (Å²) in [6, 6.07) is 0. The molecule has 7 heteroatoms. The highest BCUT2D eigenvalue weighted by Crippen LogP contribution is 2.45. The molecule has 1 aromatic heterocycles. The molecule has 2 heterocycles. The number of ether oxygens (including phenoxy) is 3. The number of hydrogen-bond donors (Lipinski definition) is 1. The highest BCUT2D eigenvalue weighted by molar-refractivity contribution is 7.19. The van der Waals surface area contributed by atoms with Gasteiger partial charge in [0.1, 0.15) is 15.6 Å². The molecule has 2 N–H and O–H groups in total. The lowest BCUT2D eigenvalue weighted by molar-refractivity contribution is 0.0533. The van der Waals surface area contributed by atoms with E-state index in [0.717, 1.165) is 31.1 Å². The first-order valence-corrected chi connectivity index (χ1v) is 7.46. The molecule has 1 aliphatic heterocycles. The summed E-state index contributed by atoms with van der Waals surface area (Å²) in [4.78, 5) is 14.5. The standard InChI is InChI=1S/C13H20N2O4S/c1-3-19-13(16)11-9(14)10(17-2)12(20-11)15-5-4-7-18-8-6-15/h3-8,14H2,1-2H3. The number of carbonyl (C=O) groups excluding carboxylic acids is 1. The van der Waals surface area contributed by atoms with Crippen molar-refractivity contribution in [1.29, 1.82) is 0 Å². The summed E-state index contributed by atoms with van der Waals surface area (Å²) in [7, 11) is 1.56. The van der Waals surface area contributed by atoms with Crippen molar-refractivity contribution in [3.63, 3.8) is 0 Å². The molecule has 1 fully saturated rings. The molecule has 2 rings (SSSR count). The first-order valence-electron chi connectivity index (χ1n) is 6.65. The number of rotatable bonds is 4. The Labute approximate surface area is 122 Å². The zero-order valence-corrected chi connectivity index (χ0v) is 12.6. The fraction of sp³-hybridized carbons (Fsp3) is 0.615. The number of nitrogens with zero attached hydrogens (tertiary/aromatic N) is 1. The second-order valence-electron chi connectivity index (χ2n) is 4.36. The number of anilines is 2. The van der Waals surface area contributed by atoms with Crippen LogP contribution < -0.4 is 15.4 Å². The van der Waals surface area contributed by atoms with Crippen molar-refractivity contribution < 1.29 is 19.0 Å². The van der Waals surface area contributed by atoms with E-state index in [9.17, 15) is 4.79 Å². The molecule has 0 amide bonds. The van der Waals surface area contributed by atoms with Crippen LogP contribution in [0.5, 0.6) is 5.75 Å². The minimum absolute atomic E-state index is 0.325. The second-order valence-corrected chi connectivity index (χ2v) is 5.36. The fourth-order valence-electron chi connectivity index (χ4n) is 2.12. The summed E-state index contributed by atoms with van der Waals surface area (Å²) in [6.45, 7) is 5.13. The Kier molecular flexibility index (Phi) is 5.08. The average molecular weight is 300 g/mol. The lowest BCUT2D eigenvalue weighted by atomic mass is 10.3. The van der Waals surface area contributed by atoms with E-state index in [1.54, 1.807) is 14.0 Å². The van der Waals surface area contributed by atoms with Gasteiger partial charge in [-0.2, -0.15) is 0 Å². The molecule has 1 aliphatic rings. The molecule has 0 spiro atoms. The van der Waals surface area contributed by atoms with Gasteiger partial charge in [-0.15, -0.1) is 11.3 Å². The molecule has 0 unspecified atom stereocenters. The van der Waals surface area contributed by atoms with Crippen LogP contribution in [0.2, 0.25) is 0 Å². The highest BCUT2D eigenvalue weighted by atomic mass is 32.1. The van der Waals surface area contributed by atoms with E-state index in [-0.39, 0.29) is 0 Å². The van der Waals surface area contributed by atoms with Crippen LogP contribution in [0.15, 0.2) is 0 Å². The Hall–Kier alpha value is -1.47. The van der Waals surface area contributed by atoms with Gasteiger partial charge in [-0.25, -0.2) is 4.79 Å². The first-order chi connectivity index (χ1) is 9.69. The minimum atomic E-state index is -0.398. The third-order valence-corrected chi connectivity index (χ3v) is 4.28. The molecule has 0 atom stereocenters. The molecule has 20 heavy (non-hydrogen) atoms. The van der Waals surface area contributed by atoms with Crippen LogP contribution in [0.1, 0.15) is 23.0 Å². The smallest absolute Gasteiger partial charge is 0.350 e. The van der Waals surface area contributed by atoms with Crippen LogP contribution in [-0.2, 0) is 9.47 Å². The van der Waals surface area contributed by atoms with Gasteiger partial charge in [0.05, 0.1) is 20.3 Å². The Balaban J connectivity index is 2.31. The van der Waals surface area contributed by atoms with Gasteiger partial charge in [0, 0.05) is 19.7 Å². The summed E-state index contributed by atoms with van der Waals surface area (Å²) >= 11 is 1.32. The number of methoxy groups -OCH3 is 1. The number of carbonyl (C=O) groups is 1. The fourth-order valence-corrected chi connectivity index (χ4v) is 3.26. The third kappa shape index (κ3) is 2.99. The number of esters is 1. The summed E-state index contributed by atoms with van der Waals surface area (Å²) in [5.74, 6) is 0.158. The number of nitrogens with two attached hydrogens (primary N) is 1. The molecule has 0 aromatic carbocycles. The maximum absolute atomic E-state index is 11.9. The van der Waals surface area contributed by atoms with Crippen LogP contribution in [0.3, 0.4) is 0 Å². The molecule has 1 saturated heterocycles. The number of nitrogen functional groups attached to an aromatic ring is 1. The Morgan fingerprint density at radius 2 is 2.25 bits per heavy atom. The summed E-state index contributed by atoms with van der Waals surface area (Å²) in [5.41, 5.74) is 6.38. The second kappa shape index (κ2) is 6.81. The van der Waals surface area contributed by atoms with Gasteiger partial charge in [0.2, 0.25) is 0 Å². The Morgan fingerprint density at radius 3 is 2.95 bits per heavy atom. The van der Waals surface area contributed by atoms with E-state index in [1.807, 2.05) is 0 Å². The molecule has 112 valence electrons. The van der Waals surface area contributed by atoms with Gasteiger partial charge in [-0.05, 0) is 13.3 Å². The van der Waals surface area contributed by atoms with Crippen molar-refractivity contribution in [3.05, 3.63) is 4.88 Å². The summed E-state index contributed by atoms with van der Waals surface area (Å²) < 4.78 is 15.8. The predicted octanol–water partition coefficient (Wildman–Crippen LogP) is 1.74. The molecular weight excluding hydrogens is 280 g/mol. The largest absolute Gasteiger partial charge is 0.492 e. The van der Waals surface area contributed by atoms with Gasteiger partial charge >= 0.3 is 5.97 Å². The summed E-state index contributed by atoms with van der Waals surface area (Å²) in [6.07, 6.45) is 0.940. The first kappa shape index (κ1) is 14.9. The highest BCUT2D eigenvalue weighted by Gasteiger charge is 2.26. The van der Waals surface area contributed by atoms with Crippen molar-refractivity contribution >= 4 is 28.0 Å². The van der Waals surface area contributed by atoms with Gasteiger partial charge in [-0.3, -0.25) is 0 Å². The zero-order valence-electron chi connectivity index (χ0n) is 11.8. The van der Waals surface area contributed by atoms with E-state index in [4.69, 9.17) is 19.9 Å². The van der Waals surface area contributed by atoms with Crippen LogP contribution in [0, 0.1) is 0 Å². The van der Waals surface area contributed by atoms with Gasteiger partial charge in [0.25, 0.3) is 0 Å². The van der Waals surface area contributed by atoms with Crippen LogP contribution in [0.25, 0.3) is 0 Å². The Bertz CT molecular complexity index is 467. The predicted molar refractivity (Wildman–Crippen MR) is 78.9 cm³/mol. The van der Waals surface area contributed by atoms with Gasteiger partial charge in [0.15, 0.2) is 5.75 Å². The molecule has 0 bridgehead atoms. The SMILES string of the molecule is CCOC(=O)c1sc(N2CCCOCC2)c(OC)c1N. The Morgan fingerprint density at radius 1 is 1.45 bits per heavy atom. The van der Waals surface area contributed by atoms with E-state index in [2.05, 4.69) is 4.90 Å². The number of thiophene rings is 1. The van der Waals surface area contributed by atoms with E-state index >= 15 is 0 Å². The van der Waals surface area contributed by atoms with Crippen molar-refractivity contribution in [1.82, 2.24) is 0 Å². The zero-order chi connectivity index (χ0) is 14.5. The van der Waals surface area contributed by atoms with E-state index in [1.165, 1.54) is 11.3 Å². The number of hydrogen-bond acceptors (Lipinski definition) is 7. The normalized spacial score (nSPS) is 15.8. The van der Waals surface area contributed by atoms with Gasteiger partial charge < -0.3 is 24.8 Å². The average Bonchev–Trinajstić information content (AvgIpc) is 2.63. The van der Waals surface area contributed by atoms with Crippen molar-refractivity contribution in [2.24, 2.45) is 0 Å². The quantitative estimate of drug-likeness (QED) is 0.854. The third-order valence-electron chi connectivity index (χ3n) is 3.06. The molecule has 1 aromatic rings. The van der Waals surface area contributed by atoms with E-state index in [0.29, 0.717) is 29.5 Å². The topological polar surface area (TPSA) is 74.0 Å². The van der Waals surface area contributed by atoms with Crippen LogP contribution in [0.4, 0.5) is 10.7 Å². The monoisotopic (exact) mass is 300 g/mol. The van der Waals surface area contributed by atoms with Gasteiger partial charge in [-0.1, -0.05) is 0 Å². The molecule has 0 saturated carbocycles. The van der Waals surface area contributed by atoms with Crippen LogP contribution in [-0.4, -0.2) is 46.0 Å².